The number of hydrogen-bond acceptors (Lipinski definition) is 9. The standard InChI is InChI=1S/C22H31N7O5S/c1-4-14-35(24,32)20-25-18(23)17-19(26-20)28(15-16-8-6-5-7-9-16)22(31)29(17)21(30)27(10-12-33-2)11-13-34-3/h5-9,24H,4,10-15H2,1-3H3,(H2,23,25,26). The van der Waals surface area contributed by atoms with Gasteiger partial charge in [0.2, 0.25) is 5.16 Å². The number of benzene rings is 1. The van der Waals surface area contributed by atoms with Gasteiger partial charge in [-0.3, -0.25) is 4.57 Å². The largest absolute Gasteiger partial charge is 0.383 e. The first-order valence-corrected chi connectivity index (χ1v) is 12.8. The van der Waals surface area contributed by atoms with Gasteiger partial charge in [0.25, 0.3) is 0 Å². The third-order valence-corrected chi connectivity index (χ3v) is 7.09. The third-order valence-electron chi connectivity index (χ3n) is 5.34. The van der Waals surface area contributed by atoms with E-state index in [9.17, 15) is 13.8 Å². The van der Waals surface area contributed by atoms with Crippen molar-refractivity contribution < 1.29 is 18.5 Å². The second-order valence-corrected chi connectivity index (χ2v) is 10.0. The van der Waals surface area contributed by atoms with E-state index in [4.69, 9.17) is 20.0 Å². The van der Waals surface area contributed by atoms with Crippen molar-refractivity contribution in [2.75, 3.05) is 52.0 Å². The van der Waals surface area contributed by atoms with Crippen LogP contribution in [0.3, 0.4) is 0 Å². The van der Waals surface area contributed by atoms with Crippen molar-refractivity contribution in [1.29, 1.82) is 4.78 Å². The first-order valence-electron chi connectivity index (χ1n) is 11.1. The number of nitrogen functional groups attached to an aromatic ring is 1. The highest BCUT2D eigenvalue weighted by atomic mass is 32.2. The maximum atomic E-state index is 13.6. The number of carbonyl (C=O) groups excluding carboxylic acids is 1. The number of anilines is 1. The van der Waals surface area contributed by atoms with E-state index in [2.05, 4.69) is 9.97 Å². The normalized spacial score (nSPS) is 13.1. The summed E-state index contributed by atoms with van der Waals surface area (Å²) >= 11 is 0. The SMILES string of the molecule is CCCS(=N)(=O)c1nc(N)c2c(n1)n(Cc1ccccc1)c(=O)n2C(=O)N(CCOC)CCOC. The van der Waals surface area contributed by atoms with E-state index in [-0.39, 0.29) is 60.7 Å². The molecule has 1 unspecified atom stereocenters. The van der Waals surface area contributed by atoms with Crippen LogP contribution in [0.2, 0.25) is 0 Å². The average Bonchev–Trinajstić information content (AvgIpc) is 3.11. The van der Waals surface area contributed by atoms with E-state index in [1.807, 2.05) is 30.3 Å². The number of imidazole rings is 1. The minimum Gasteiger partial charge on any atom is -0.383 e. The summed E-state index contributed by atoms with van der Waals surface area (Å²) in [5, 5.41) is -0.258. The van der Waals surface area contributed by atoms with Gasteiger partial charge in [-0.2, -0.15) is 4.98 Å². The van der Waals surface area contributed by atoms with Crippen LogP contribution in [0.15, 0.2) is 40.3 Å². The molecule has 1 amide bonds. The van der Waals surface area contributed by atoms with Crippen LogP contribution in [0.25, 0.3) is 11.2 Å². The van der Waals surface area contributed by atoms with Crippen molar-refractivity contribution >= 4 is 32.7 Å². The van der Waals surface area contributed by atoms with Gasteiger partial charge in [0.05, 0.1) is 19.8 Å². The van der Waals surface area contributed by atoms with Gasteiger partial charge < -0.3 is 20.1 Å². The molecule has 0 bridgehead atoms. The topological polar surface area (TPSA) is 158 Å². The Morgan fingerprint density at radius 1 is 1.14 bits per heavy atom. The second-order valence-electron chi connectivity index (χ2n) is 7.89. The highest BCUT2D eigenvalue weighted by Crippen LogP contribution is 2.22. The maximum Gasteiger partial charge on any atom is 0.339 e. The number of rotatable bonds is 11. The van der Waals surface area contributed by atoms with Crippen molar-refractivity contribution in [2.24, 2.45) is 0 Å². The summed E-state index contributed by atoms with van der Waals surface area (Å²) in [6.45, 7) is 2.82. The van der Waals surface area contributed by atoms with Crippen LogP contribution >= 0.6 is 0 Å². The molecule has 0 fully saturated rings. The molecular weight excluding hydrogens is 474 g/mol. The van der Waals surface area contributed by atoms with Crippen molar-refractivity contribution in [1.82, 2.24) is 24.0 Å². The minimum atomic E-state index is -3.33. The Balaban J connectivity index is 2.25. The molecule has 13 heteroatoms. The highest BCUT2D eigenvalue weighted by molar-refractivity contribution is 7.92. The lowest BCUT2D eigenvalue weighted by Gasteiger charge is -2.22. The van der Waals surface area contributed by atoms with Crippen LogP contribution in [-0.4, -0.2) is 80.5 Å². The third kappa shape index (κ3) is 5.69. The Morgan fingerprint density at radius 3 is 2.34 bits per heavy atom. The Labute approximate surface area is 203 Å². The molecule has 2 aromatic heterocycles. The van der Waals surface area contributed by atoms with Crippen molar-refractivity contribution in [3.8, 4) is 0 Å². The number of amides is 1. The minimum absolute atomic E-state index is 0.00575. The fourth-order valence-corrected chi connectivity index (χ4v) is 4.85. The van der Waals surface area contributed by atoms with E-state index in [0.717, 1.165) is 10.1 Å². The zero-order valence-corrected chi connectivity index (χ0v) is 20.9. The van der Waals surface area contributed by atoms with Gasteiger partial charge in [-0.05, 0) is 12.0 Å². The van der Waals surface area contributed by atoms with Gasteiger partial charge in [-0.15, -0.1) is 0 Å². The molecule has 1 aromatic carbocycles. The summed E-state index contributed by atoms with van der Waals surface area (Å²) in [6, 6.07) is 8.53. The summed E-state index contributed by atoms with van der Waals surface area (Å²) in [6.07, 6.45) is 0.480. The predicted molar refractivity (Wildman–Crippen MR) is 132 cm³/mol. The van der Waals surface area contributed by atoms with Gasteiger partial charge in [0, 0.05) is 33.1 Å². The van der Waals surface area contributed by atoms with Crippen molar-refractivity contribution in [3.63, 3.8) is 0 Å². The van der Waals surface area contributed by atoms with Gasteiger partial charge in [0.15, 0.2) is 11.5 Å². The van der Waals surface area contributed by atoms with Gasteiger partial charge in [-0.25, -0.2) is 28.1 Å². The highest BCUT2D eigenvalue weighted by Gasteiger charge is 2.28. The van der Waals surface area contributed by atoms with Crippen LogP contribution < -0.4 is 11.4 Å². The zero-order chi connectivity index (χ0) is 25.6. The fraction of sp³-hybridized carbons (Fsp3) is 0.455. The summed E-state index contributed by atoms with van der Waals surface area (Å²) in [5.41, 5.74) is 6.38. The number of hydrogen-bond donors (Lipinski definition) is 2. The summed E-state index contributed by atoms with van der Waals surface area (Å²) in [4.78, 5) is 37.0. The molecule has 1 atom stereocenters. The summed E-state index contributed by atoms with van der Waals surface area (Å²) in [7, 11) is -0.308. The molecule has 190 valence electrons. The maximum absolute atomic E-state index is 13.6. The quantitative estimate of drug-likeness (QED) is 0.372. The molecule has 3 N–H and O–H groups in total. The molecule has 3 aromatic rings. The van der Waals surface area contributed by atoms with E-state index < -0.39 is 21.4 Å². The Bertz CT molecular complexity index is 1330. The predicted octanol–water partition coefficient (Wildman–Crippen LogP) is 1.60. The molecule has 35 heavy (non-hydrogen) atoms. The molecule has 0 aliphatic carbocycles. The number of carbonyl (C=O) groups is 1. The van der Waals surface area contributed by atoms with E-state index in [0.29, 0.717) is 6.42 Å². The zero-order valence-electron chi connectivity index (χ0n) is 20.1. The molecule has 0 saturated carbocycles. The average molecular weight is 506 g/mol. The Kier molecular flexibility index (Phi) is 8.59. The number of nitrogens with zero attached hydrogens (tertiary/aromatic N) is 5. The van der Waals surface area contributed by atoms with Gasteiger partial charge >= 0.3 is 11.7 Å². The van der Waals surface area contributed by atoms with E-state index >= 15 is 0 Å². The van der Waals surface area contributed by atoms with Crippen LogP contribution in [0, 0.1) is 4.78 Å². The van der Waals surface area contributed by atoms with E-state index in [1.54, 1.807) is 6.92 Å². The lowest BCUT2D eigenvalue weighted by molar-refractivity contribution is 0.123. The number of ether oxygens (including phenoxy) is 2. The van der Waals surface area contributed by atoms with Crippen LogP contribution in [0.5, 0.6) is 0 Å². The number of methoxy groups -OCH3 is 2. The van der Waals surface area contributed by atoms with Crippen molar-refractivity contribution in [2.45, 2.75) is 25.0 Å². The first kappa shape index (κ1) is 26.3. The monoisotopic (exact) mass is 505 g/mol. The number of fused-ring (bicyclic) bond motifs is 1. The van der Waals surface area contributed by atoms with Crippen molar-refractivity contribution in [3.05, 3.63) is 46.4 Å². The molecule has 0 aliphatic heterocycles. The van der Waals surface area contributed by atoms with E-state index in [1.165, 1.54) is 23.7 Å². The van der Waals surface area contributed by atoms with Crippen LogP contribution in [-0.2, 0) is 25.7 Å². The molecule has 12 nitrogen and oxygen atoms in total. The van der Waals surface area contributed by atoms with Gasteiger partial charge in [-0.1, -0.05) is 37.3 Å². The molecule has 0 aliphatic rings. The number of aromatic nitrogens is 4. The summed E-state index contributed by atoms with van der Waals surface area (Å²) < 4.78 is 33.6. The molecule has 0 spiro atoms. The molecule has 0 radical (unpaired) electrons. The lowest BCUT2D eigenvalue weighted by Crippen LogP contribution is -2.43. The van der Waals surface area contributed by atoms with Crippen LogP contribution in [0.1, 0.15) is 18.9 Å². The number of nitrogens with two attached hydrogens (primary N) is 1. The molecule has 0 saturated heterocycles. The molecule has 3 rings (SSSR count). The molecule has 2 heterocycles. The fourth-order valence-electron chi connectivity index (χ4n) is 3.61. The Morgan fingerprint density at radius 2 is 1.77 bits per heavy atom. The van der Waals surface area contributed by atoms with Crippen LogP contribution in [0.4, 0.5) is 10.6 Å². The Hall–Kier alpha value is -3.29. The first-order chi connectivity index (χ1) is 16.7. The number of nitrogens with one attached hydrogen (secondary N) is 1. The smallest absolute Gasteiger partial charge is 0.339 e. The lowest BCUT2D eigenvalue weighted by atomic mass is 10.2. The summed E-state index contributed by atoms with van der Waals surface area (Å²) in [5.74, 6) is -0.153. The van der Waals surface area contributed by atoms with Gasteiger partial charge in [0.1, 0.15) is 15.2 Å². The molecular formula is C22H31N7O5S. The second kappa shape index (κ2) is 11.4.